The first-order valence-electron chi connectivity index (χ1n) is 6.99. The molecule has 0 heterocycles. The maximum Gasteiger partial charge on any atom is 0.277 e. The van der Waals surface area contributed by atoms with Crippen LogP contribution in [0.1, 0.15) is 39.0 Å². The van der Waals surface area contributed by atoms with Crippen molar-refractivity contribution in [2.45, 2.75) is 51.0 Å². The fraction of sp³-hybridized carbons (Fsp3) is 0.846. The molecule has 0 aromatic heterocycles. The van der Waals surface area contributed by atoms with Crippen molar-refractivity contribution < 1.29 is 18.4 Å². The largest absolute Gasteiger partial charge is 0.353 e. The van der Waals surface area contributed by atoms with Crippen LogP contribution in [0.4, 0.5) is 8.78 Å². The van der Waals surface area contributed by atoms with Crippen molar-refractivity contribution in [2.75, 3.05) is 13.1 Å². The highest BCUT2D eigenvalue weighted by atomic mass is 35.5. The molecule has 0 aromatic carbocycles. The van der Waals surface area contributed by atoms with Gasteiger partial charge in [-0.2, -0.15) is 0 Å². The van der Waals surface area contributed by atoms with Gasteiger partial charge in [-0.1, -0.05) is 12.8 Å². The van der Waals surface area contributed by atoms with E-state index in [1.54, 1.807) is 6.92 Å². The Bertz CT molecular complexity index is 350. The predicted octanol–water partition coefficient (Wildman–Crippen LogP) is 1.20. The Morgan fingerprint density at radius 2 is 1.90 bits per heavy atom. The predicted molar refractivity (Wildman–Crippen MR) is 78.4 cm³/mol. The summed E-state index contributed by atoms with van der Waals surface area (Å²) >= 11 is 0. The van der Waals surface area contributed by atoms with Crippen LogP contribution in [0.15, 0.2) is 0 Å². The summed E-state index contributed by atoms with van der Waals surface area (Å²) in [6, 6.07) is -0.366. The fourth-order valence-electron chi connectivity index (χ4n) is 2.25. The van der Waals surface area contributed by atoms with Crippen LogP contribution in [0.5, 0.6) is 0 Å². The first-order chi connectivity index (χ1) is 9.34. The zero-order chi connectivity index (χ0) is 15.2. The molecule has 0 aromatic rings. The van der Waals surface area contributed by atoms with Gasteiger partial charge < -0.3 is 16.4 Å². The molecule has 8 heteroatoms. The van der Waals surface area contributed by atoms with Gasteiger partial charge in [0.25, 0.3) is 5.92 Å². The second-order valence-electron chi connectivity index (χ2n) is 5.43. The maximum atomic E-state index is 12.9. The van der Waals surface area contributed by atoms with Crippen LogP contribution in [0.25, 0.3) is 0 Å². The molecule has 0 saturated heterocycles. The average molecular weight is 328 g/mol. The standard InChI is InChI=1S/C13H23F2N3O2.ClH/c1-9(18-12(20)10-4-2-3-5-10)6-11(19)17-8-13(14,15)7-16;/h9-10H,2-8,16H2,1H3,(H,17,19)(H,18,20);1H. The van der Waals surface area contributed by atoms with Crippen LogP contribution < -0.4 is 16.4 Å². The molecule has 1 saturated carbocycles. The lowest BCUT2D eigenvalue weighted by atomic mass is 10.1. The van der Waals surface area contributed by atoms with Crippen LogP contribution in [0, 0.1) is 5.92 Å². The molecule has 1 aliphatic rings. The van der Waals surface area contributed by atoms with Crippen molar-refractivity contribution in [1.29, 1.82) is 0 Å². The van der Waals surface area contributed by atoms with E-state index in [0.29, 0.717) is 0 Å². The van der Waals surface area contributed by atoms with E-state index in [1.165, 1.54) is 0 Å². The van der Waals surface area contributed by atoms with E-state index in [1.807, 2.05) is 0 Å². The molecule has 1 fully saturated rings. The Hall–Kier alpha value is -0.950. The summed E-state index contributed by atoms with van der Waals surface area (Å²) in [5.41, 5.74) is 4.87. The second-order valence-corrected chi connectivity index (χ2v) is 5.43. The SMILES string of the molecule is CC(CC(=O)NCC(F)(F)CN)NC(=O)C1CCCC1.Cl. The van der Waals surface area contributed by atoms with E-state index in [2.05, 4.69) is 10.6 Å². The van der Waals surface area contributed by atoms with E-state index < -0.39 is 24.9 Å². The average Bonchev–Trinajstić information content (AvgIpc) is 2.90. The minimum absolute atomic E-state index is 0. The molecular weight excluding hydrogens is 304 g/mol. The van der Waals surface area contributed by atoms with Crippen LogP contribution in [0.3, 0.4) is 0 Å². The van der Waals surface area contributed by atoms with Crippen molar-refractivity contribution in [3.8, 4) is 0 Å². The van der Waals surface area contributed by atoms with Gasteiger partial charge in [0.15, 0.2) is 0 Å². The molecule has 0 aliphatic heterocycles. The van der Waals surface area contributed by atoms with E-state index in [-0.39, 0.29) is 36.7 Å². The third kappa shape index (κ3) is 7.57. The lowest BCUT2D eigenvalue weighted by molar-refractivity contribution is -0.126. The van der Waals surface area contributed by atoms with Crippen molar-refractivity contribution in [2.24, 2.45) is 11.7 Å². The number of amides is 2. The van der Waals surface area contributed by atoms with Gasteiger partial charge in [-0.05, 0) is 19.8 Å². The fourth-order valence-corrected chi connectivity index (χ4v) is 2.25. The lowest BCUT2D eigenvalue weighted by Gasteiger charge is -2.18. The van der Waals surface area contributed by atoms with Crippen molar-refractivity contribution in [3.05, 3.63) is 0 Å². The Labute approximate surface area is 129 Å². The molecule has 0 radical (unpaired) electrons. The van der Waals surface area contributed by atoms with Crippen molar-refractivity contribution in [1.82, 2.24) is 10.6 Å². The lowest BCUT2D eigenvalue weighted by Crippen LogP contribution is -2.44. The third-order valence-electron chi connectivity index (χ3n) is 3.45. The van der Waals surface area contributed by atoms with Gasteiger partial charge >= 0.3 is 0 Å². The molecule has 0 spiro atoms. The molecular formula is C13H24ClF2N3O2. The molecule has 0 bridgehead atoms. The number of nitrogens with two attached hydrogens (primary N) is 1. The zero-order valence-electron chi connectivity index (χ0n) is 12.2. The first-order valence-corrected chi connectivity index (χ1v) is 6.99. The Morgan fingerprint density at radius 1 is 1.33 bits per heavy atom. The molecule has 2 amide bonds. The van der Waals surface area contributed by atoms with E-state index >= 15 is 0 Å². The zero-order valence-corrected chi connectivity index (χ0v) is 13.0. The molecule has 1 unspecified atom stereocenters. The van der Waals surface area contributed by atoms with Crippen LogP contribution in [-0.4, -0.2) is 36.9 Å². The Balaban J connectivity index is 0.00000400. The van der Waals surface area contributed by atoms with E-state index in [4.69, 9.17) is 5.73 Å². The van der Waals surface area contributed by atoms with Gasteiger partial charge in [0.1, 0.15) is 0 Å². The van der Waals surface area contributed by atoms with Crippen molar-refractivity contribution in [3.63, 3.8) is 0 Å². The summed E-state index contributed by atoms with van der Waals surface area (Å²) in [6.45, 7) is 0.111. The van der Waals surface area contributed by atoms with Crippen LogP contribution in [0.2, 0.25) is 0 Å². The number of carbonyl (C=O) groups is 2. The van der Waals surface area contributed by atoms with Gasteiger partial charge in [-0.25, -0.2) is 8.78 Å². The summed E-state index contributed by atoms with van der Waals surface area (Å²) in [7, 11) is 0. The summed E-state index contributed by atoms with van der Waals surface area (Å²) in [5, 5.41) is 4.88. The number of alkyl halides is 2. The minimum Gasteiger partial charge on any atom is -0.353 e. The van der Waals surface area contributed by atoms with E-state index in [0.717, 1.165) is 25.7 Å². The van der Waals surface area contributed by atoms with Gasteiger partial charge in [0.05, 0.1) is 13.1 Å². The number of nitrogens with one attached hydrogen (secondary N) is 2. The quantitative estimate of drug-likeness (QED) is 0.657. The monoisotopic (exact) mass is 327 g/mol. The van der Waals surface area contributed by atoms with Gasteiger partial charge in [-0.3, -0.25) is 9.59 Å². The summed E-state index contributed by atoms with van der Waals surface area (Å²) in [4.78, 5) is 23.3. The molecule has 1 rings (SSSR count). The van der Waals surface area contributed by atoms with Crippen LogP contribution in [-0.2, 0) is 9.59 Å². The maximum absolute atomic E-state index is 12.9. The van der Waals surface area contributed by atoms with Gasteiger partial charge in [0, 0.05) is 18.4 Å². The van der Waals surface area contributed by atoms with Crippen molar-refractivity contribution >= 4 is 24.2 Å². The molecule has 21 heavy (non-hydrogen) atoms. The third-order valence-corrected chi connectivity index (χ3v) is 3.45. The molecule has 1 aliphatic carbocycles. The summed E-state index contributed by atoms with van der Waals surface area (Å²) in [5.74, 6) is -3.62. The topological polar surface area (TPSA) is 84.2 Å². The minimum atomic E-state index is -3.09. The Kier molecular flexibility index (Phi) is 8.73. The number of halogens is 3. The second kappa shape index (κ2) is 9.15. The summed E-state index contributed by atoms with van der Waals surface area (Å²) in [6.07, 6.45) is 3.86. The molecule has 5 nitrogen and oxygen atoms in total. The number of hydrogen-bond acceptors (Lipinski definition) is 3. The Morgan fingerprint density at radius 3 is 2.43 bits per heavy atom. The highest BCUT2D eigenvalue weighted by Crippen LogP contribution is 2.24. The molecule has 1 atom stereocenters. The normalized spacial score (nSPS) is 17.0. The number of rotatable bonds is 7. The highest BCUT2D eigenvalue weighted by Gasteiger charge is 2.28. The van der Waals surface area contributed by atoms with Gasteiger partial charge in [-0.15, -0.1) is 12.4 Å². The number of carbonyl (C=O) groups excluding carboxylic acids is 2. The molecule has 124 valence electrons. The first kappa shape index (κ1) is 20.1. The molecule has 4 N–H and O–H groups in total. The van der Waals surface area contributed by atoms with Crippen LogP contribution >= 0.6 is 12.4 Å². The smallest absolute Gasteiger partial charge is 0.277 e. The highest BCUT2D eigenvalue weighted by molar-refractivity contribution is 5.85. The van der Waals surface area contributed by atoms with E-state index in [9.17, 15) is 18.4 Å². The number of hydrogen-bond donors (Lipinski definition) is 3. The van der Waals surface area contributed by atoms with Gasteiger partial charge in [0.2, 0.25) is 11.8 Å². The summed E-state index contributed by atoms with van der Waals surface area (Å²) < 4.78 is 25.7.